The van der Waals surface area contributed by atoms with Gasteiger partial charge < -0.3 is 15.0 Å². The van der Waals surface area contributed by atoms with E-state index >= 15 is 0 Å². The van der Waals surface area contributed by atoms with Crippen molar-refractivity contribution in [2.75, 3.05) is 18.4 Å². The summed E-state index contributed by atoms with van der Waals surface area (Å²) in [6, 6.07) is 7.19. The number of rotatable bonds is 8. The predicted molar refractivity (Wildman–Crippen MR) is 131 cm³/mol. The molecule has 0 radical (unpaired) electrons. The van der Waals surface area contributed by atoms with Gasteiger partial charge in [-0.15, -0.1) is 0 Å². The number of piperidine rings is 1. The lowest BCUT2D eigenvalue weighted by molar-refractivity contribution is -0.133. The van der Waals surface area contributed by atoms with Gasteiger partial charge in [-0.25, -0.2) is 0 Å². The SMILES string of the molecule is CC(C)[C@@H](CC(=O)N1CCC(C(=O)c2cnn(C)c2)CC1)CC1=NC(C=O)c2ccccc2N1. The summed E-state index contributed by atoms with van der Waals surface area (Å²) in [6.45, 7) is 5.43. The third-order valence-electron chi connectivity index (χ3n) is 7.03. The second-order valence-electron chi connectivity index (χ2n) is 9.70. The fraction of sp³-hybridized carbons (Fsp3) is 0.500. The van der Waals surface area contributed by atoms with Crippen LogP contribution >= 0.6 is 0 Å². The van der Waals surface area contributed by atoms with Crippen molar-refractivity contribution in [2.24, 2.45) is 29.8 Å². The molecule has 1 fully saturated rings. The minimum atomic E-state index is -0.507. The minimum Gasteiger partial charge on any atom is -0.344 e. The van der Waals surface area contributed by atoms with Crippen LogP contribution in [-0.4, -0.2) is 51.6 Å². The van der Waals surface area contributed by atoms with E-state index in [1.165, 1.54) is 0 Å². The normalized spacial score (nSPS) is 19.2. The Balaban J connectivity index is 1.34. The van der Waals surface area contributed by atoms with Gasteiger partial charge >= 0.3 is 0 Å². The largest absolute Gasteiger partial charge is 0.344 e. The molecule has 8 nitrogen and oxygen atoms in total. The van der Waals surface area contributed by atoms with E-state index in [1.54, 1.807) is 24.1 Å². The number of hydrogen-bond donors (Lipinski definition) is 1. The van der Waals surface area contributed by atoms with E-state index in [1.807, 2.05) is 29.2 Å². The average molecular weight is 464 g/mol. The molecule has 2 atom stereocenters. The molecule has 2 aliphatic heterocycles. The molecular weight excluding hydrogens is 430 g/mol. The summed E-state index contributed by atoms with van der Waals surface area (Å²) in [4.78, 5) is 44.0. The first-order valence-corrected chi connectivity index (χ1v) is 12.0. The van der Waals surface area contributed by atoms with Crippen LogP contribution in [0.25, 0.3) is 0 Å². The molecule has 1 N–H and O–H groups in total. The maximum absolute atomic E-state index is 13.1. The fourth-order valence-corrected chi connectivity index (χ4v) is 4.82. The van der Waals surface area contributed by atoms with Gasteiger partial charge in [-0.3, -0.25) is 19.3 Å². The smallest absolute Gasteiger partial charge is 0.222 e. The van der Waals surface area contributed by atoms with Gasteiger partial charge in [-0.05, 0) is 30.7 Å². The molecule has 4 rings (SSSR count). The van der Waals surface area contributed by atoms with Crippen molar-refractivity contribution in [1.82, 2.24) is 14.7 Å². The summed E-state index contributed by atoms with van der Waals surface area (Å²) < 4.78 is 1.64. The standard InChI is InChI=1S/C26H33N5O3/c1-17(2)19(12-24-28-22-7-5-4-6-21(22)23(16-32)29-24)13-25(33)31-10-8-18(9-11-31)26(34)20-14-27-30(3)15-20/h4-7,14-19,23H,8-13H2,1-3H3,(H,28,29)/t19-,23?/m1/s1. The molecule has 0 aliphatic carbocycles. The van der Waals surface area contributed by atoms with E-state index < -0.39 is 6.04 Å². The second kappa shape index (κ2) is 10.3. The van der Waals surface area contributed by atoms with Gasteiger partial charge in [0.1, 0.15) is 18.2 Å². The topological polar surface area (TPSA) is 96.7 Å². The average Bonchev–Trinajstić information content (AvgIpc) is 3.28. The van der Waals surface area contributed by atoms with Crippen molar-refractivity contribution in [3.05, 3.63) is 47.8 Å². The molecule has 2 aromatic rings. The van der Waals surface area contributed by atoms with Gasteiger partial charge in [0, 0.05) is 56.3 Å². The molecule has 0 bridgehead atoms. The number of aryl methyl sites for hydroxylation is 1. The van der Waals surface area contributed by atoms with Crippen LogP contribution in [0.3, 0.4) is 0 Å². The van der Waals surface area contributed by atoms with Gasteiger partial charge in [0.25, 0.3) is 0 Å². The third kappa shape index (κ3) is 5.26. The summed E-state index contributed by atoms with van der Waals surface area (Å²) in [7, 11) is 1.80. The second-order valence-corrected chi connectivity index (χ2v) is 9.70. The lowest BCUT2D eigenvalue weighted by Gasteiger charge is -2.33. The molecule has 8 heteroatoms. The van der Waals surface area contributed by atoms with Crippen LogP contribution < -0.4 is 5.32 Å². The first-order valence-electron chi connectivity index (χ1n) is 12.0. The van der Waals surface area contributed by atoms with Crippen LogP contribution in [0.2, 0.25) is 0 Å². The van der Waals surface area contributed by atoms with E-state index in [0.29, 0.717) is 44.3 Å². The Bertz CT molecular complexity index is 1080. The molecule has 1 amide bonds. The van der Waals surface area contributed by atoms with Crippen LogP contribution in [0.4, 0.5) is 5.69 Å². The highest BCUT2D eigenvalue weighted by molar-refractivity contribution is 6.00. The zero-order valence-corrected chi connectivity index (χ0v) is 20.1. The summed E-state index contributed by atoms with van der Waals surface area (Å²) >= 11 is 0. The van der Waals surface area contributed by atoms with Crippen molar-refractivity contribution in [3.63, 3.8) is 0 Å². The van der Waals surface area contributed by atoms with E-state index in [0.717, 1.165) is 23.4 Å². The molecule has 2 aliphatic rings. The Morgan fingerprint density at radius 1 is 1.21 bits per heavy atom. The van der Waals surface area contributed by atoms with Crippen LogP contribution in [0.15, 0.2) is 41.7 Å². The molecule has 34 heavy (non-hydrogen) atoms. The van der Waals surface area contributed by atoms with Crippen LogP contribution in [0.5, 0.6) is 0 Å². The number of aromatic nitrogens is 2. The highest BCUT2D eigenvalue weighted by Crippen LogP contribution is 2.31. The first-order chi connectivity index (χ1) is 16.4. The molecule has 0 spiro atoms. The van der Waals surface area contributed by atoms with Crippen LogP contribution in [-0.2, 0) is 16.6 Å². The lowest BCUT2D eigenvalue weighted by atomic mass is 9.86. The number of nitrogens with zero attached hydrogens (tertiary/aromatic N) is 4. The number of hydrogen-bond acceptors (Lipinski definition) is 6. The van der Waals surface area contributed by atoms with Crippen LogP contribution in [0, 0.1) is 17.8 Å². The molecule has 1 aromatic carbocycles. The minimum absolute atomic E-state index is 0.0599. The molecule has 1 aromatic heterocycles. The number of Topliss-reactive ketones (excluding diaryl/α,β-unsaturated/α-hetero) is 1. The highest BCUT2D eigenvalue weighted by atomic mass is 16.2. The molecule has 180 valence electrons. The Hall–Kier alpha value is -3.29. The summed E-state index contributed by atoms with van der Waals surface area (Å²) in [6.07, 6.45) is 6.62. The van der Waals surface area contributed by atoms with E-state index in [-0.39, 0.29) is 29.4 Å². The highest BCUT2D eigenvalue weighted by Gasteiger charge is 2.31. The number of likely N-dealkylation sites (tertiary alicyclic amines) is 1. The number of benzene rings is 1. The van der Waals surface area contributed by atoms with Crippen molar-refractivity contribution in [2.45, 2.75) is 45.6 Å². The van der Waals surface area contributed by atoms with Crippen molar-refractivity contribution >= 4 is 29.5 Å². The summed E-state index contributed by atoms with van der Waals surface area (Å²) in [5.74, 6) is 1.32. The number of para-hydroxylation sites is 1. The fourth-order valence-electron chi connectivity index (χ4n) is 4.82. The van der Waals surface area contributed by atoms with Gasteiger partial charge in [0.05, 0.1) is 11.8 Å². The van der Waals surface area contributed by atoms with Gasteiger partial charge in [-0.2, -0.15) is 5.10 Å². The molecule has 1 unspecified atom stereocenters. The zero-order valence-electron chi connectivity index (χ0n) is 20.1. The number of fused-ring (bicyclic) bond motifs is 1. The zero-order chi connectivity index (χ0) is 24.2. The van der Waals surface area contributed by atoms with Crippen molar-refractivity contribution in [1.29, 1.82) is 0 Å². The van der Waals surface area contributed by atoms with Gasteiger partial charge in [0.15, 0.2) is 5.78 Å². The third-order valence-corrected chi connectivity index (χ3v) is 7.03. The maximum Gasteiger partial charge on any atom is 0.222 e. The monoisotopic (exact) mass is 463 g/mol. The number of anilines is 1. The number of aliphatic imine (C=N–C) groups is 1. The first kappa shape index (κ1) is 23.9. The molecule has 0 saturated carbocycles. The predicted octanol–water partition coefficient (Wildman–Crippen LogP) is 3.66. The van der Waals surface area contributed by atoms with Crippen molar-refractivity contribution < 1.29 is 14.4 Å². The van der Waals surface area contributed by atoms with E-state index in [2.05, 4.69) is 29.3 Å². The number of carbonyl (C=O) groups excluding carboxylic acids is 3. The number of amides is 1. The number of carbonyl (C=O) groups is 3. The van der Waals surface area contributed by atoms with Gasteiger partial charge in [-0.1, -0.05) is 32.0 Å². The molecular formula is C26H33N5O3. The molecule has 3 heterocycles. The Morgan fingerprint density at radius 2 is 1.94 bits per heavy atom. The summed E-state index contributed by atoms with van der Waals surface area (Å²) in [5, 5.41) is 7.45. The number of aldehydes is 1. The quantitative estimate of drug-likeness (QED) is 0.476. The Kier molecular flexibility index (Phi) is 7.24. The Labute approximate surface area is 200 Å². The number of nitrogens with one attached hydrogen (secondary N) is 1. The van der Waals surface area contributed by atoms with Crippen molar-refractivity contribution in [3.8, 4) is 0 Å². The number of ketones is 1. The lowest BCUT2D eigenvalue weighted by Crippen LogP contribution is -2.41. The van der Waals surface area contributed by atoms with Crippen LogP contribution in [0.1, 0.15) is 61.5 Å². The van der Waals surface area contributed by atoms with E-state index in [4.69, 9.17) is 0 Å². The molecule has 1 saturated heterocycles. The number of amidine groups is 1. The summed E-state index contributed by atoms with van der Waals surface area (Å²) in [5.41, 5.74) is 2.42. The Morgan fingerprint density at radius 3 is 2.59 bits per heavy atom. The van der Waals surface area contributed by atoms with E-state index in [9.17, 15) is 14.4 Å². The maximum atomic E-state index is 13.1. The van der Waals surface area contributed by atoms with Gasteiger partial charge in [0.2, 0.25) is 5.91 Å².